The number of rotatable bonds is 2. The minimum absolute atomic E-state index is 0.117. The highest BCUT2D eigenvalue weighted by molar-refractivity contribution is 5.97. The van der Waals surface area contributed by atoms with E-state index in [2.05, 4.69) is 35.3 Å². The lowest BCUT2D eigenvalue weighted by atomic mass is 9.99. The van der Waals surface area contributed by atoms with Crippen LogP contribution in [0.25, 0.3) is 0 Å². The number of aryl methyl sites for hydroxylation is 2. The molecule has 2 heterocycles. The molecule has 1 fully saturated rings. The molecule has 5 nitrogen and oxygen atoms in total. The van der Waals surface area contributed by atoms with Crippen molar-refractivity contribution in [3.05, 3.63) is 29.3 Å². The number of fused-ring (bicyclic) bond motifs is 1. The maximum atomic E-state index is 12.2. The molecular formula is C15H19N3O2. The van der Waals surface area contributed by atoms with Crippen molar-refractivity contribution >= 4 is 17.6 Å². The van der Waals surface area contributed by atoms with Crippen LogP contribution < -0.4 is 10.2 Å². The van der Waals surface area contributed by atoms with Crippen molar-refractivity contribution in [3.8, 4) is 0 Å². The van der Waals surface area contributed by atoms with E-state index in [0.717, 1.165) is 25.1 Å². The number of anilines is 1. The molecule has 0 unspecified atom stereocenters. The van der Waals surface area contributed by atoms with E-state index in [4.69, 9.17) is 0 Å². The highest BCUT2D eigenvalue weighted by Gasteiger charge is 2.28. The van der Waals surface area contributed by atoms with Gasteiger partial charge in [-0.15, -0.1) is 0 Å². The quantitative estimate of drug-likeness (QED) is 0.883. The van der Waals surface area contributed by atoms with Gasteiger partial charge in [-0.3, -0.25) is 9.69 Å². The first-order valence-electron chi connectivity index (χ1n) is 7.08. The SMILES string of the molecule is Cc1ccc2c(c1)CCCN2CC(=O)N1CCNC1=O. The van der Waals surface area contributed by atoms with E-state index in [1.54, 1.807) is 0 Å². The number of nitrogens with zero attached hydrogens (tertiary/aromatic N) is 2. The standard InChI is InChI=1S/C15H19N3O2/c1-11-4-5-13-12(9-11)3-2-7-17(13)10-14(19)18-8-6-16-15(18)20/h4-5,9H,2-3,6-8,10H2,1H3,(H,16,20). The first kappa shape index (κ1) is 13.0. The number of urea groups is 1. The minimum Gasteiger partial charge on any atom is -0.362 e. The Balaban J connectivity index is 1.76. The highest BCUT2D eigenvalue weighted by atomic mass is 16.2. The van der Waals surface area contributed by atoms with E-state index in [9.17, 15) is 9.59 Å². The van der Waals surface area contributed by atoms with Gasteiger partial charge in [0.25, 0.3) is 0 Å². The third-order valence-corrected chi connectivity index (χ3v) is 3.93. The Hall–Kier alpha value is -2.04. The molecule has 2 aliphatic heterocycles. The molecule has 0 radical (unpaired) electrons. The number of carbonyl (C=O) groups is 2. The van der Waals surface area contributed by atoms with Gasteiger partial charge in [0.15, 0.2) is 0 Å². The monoisotopic (exact) mass is 273 g/mol. The van der Waals surface area contributed by atoms with E-state index < -0.39 is 0 Å². The summed E-state index contributed by atoms with van der Waals surface area (Å²) in [5.74, 6) is -0.117. The second-order valence-electron chi connectivity index (χ2n) is 5.43. The molecule has 0 saturated carbocycles. The lowest BCUT2D eigenvalue weighted by molar-refractivity contribution is -0.126. The number of carbonyl (C=O) groups excluding carboxylic acids is 2. The van der Waals surface area contributed by atoms with Crippen molar-refractivity contribution in [1.82, 2.24) is 10.2 Å². The molecule has 0 bridgehead atoms. The van der Waals surface area contributed by atoms with Crippen molar-refractivity contribution in [2.75, 3.05) is 31.1 Å². The van der Waals surface area contributed by atoms with Crippen LogP contribution in [0.4, 0.5) is 10.5 Å². The van der Waals surface area contributed by atoms with Crippen LogP contribution >= 0.6 is 0 Å². The highest BCUT2D eigenvalue weighted by Crippen LogP contribution is 2.27. The molecule has 0 aliphatic carbocycles. The van der Waals surface area contributed by atoms with Gasteiger partial charge >= 0.3 is 6.03 Å². The van der Waals surface area contributed by atoms with Crippen LogP contribution in [-0.4, -0.2) is 43.0 Å². The lowest BCUT2D eigenvalue weighted by Crippen LogP contribution is -2.43. The number of amides is 3. The van der Waals surface area contributed by atoms with Gasteiger partial charge in [0.1, 0.15) is 0 Å². The fourth-order valence-corrected chi connectivity index (χ4v) is 2.93. The number of imide groups is 1. The Bertz CT molecular complexity index is 556. The predicted molar refractivity (Wildman–Crippen MR) is 76.8 cm³/mol. The summed E-state index contributed by atoms with van der Waals surface area (Å²) in [4.78, 5) is 27.1. The molecule has 2 aliphatic rings. The second-order valence-corrected chi connectivity index (χ2v) is 5.43. The van der Waals surface area contributed by atoms with Gasteiger partial charge in [-0.25, -0.2) is 4.79 Å². The summed E-state index contributed by atoms with van der Waals surface area (Å²) >= 11 is 0. The molecule has 1 saturated heterocycles. The molecule has 106 valence electrons. The third kappa shape index (κ3) is 2.35. The van der Waals surface area contributed by atoms with Gasteiger partial charge in [0.05, 0.1) is 6.54 Å². The Kier molecular flexibility index (Phi) is 3.34. The predicted octanol–water partition coefficient (Wildman–Crippen LogP) is 1.30. The Morgan fingerprint density at radius 1 is 1.35 bits per heavy atom. The van der Waals surface area contributed by atoms with Crippen LogP contribution in [0.15, 0.2) is 18.2 Å². The smallest absolute Gasteiger partial charge is 0.324 e. The number of nitrogens with one attached hydrogen (secondary N) is 1. The van der Waals surface area contributed by atoms with E-state index in [1.165, 1.54) is 16.0 Å². The normalized spacial score (nSPS) is 17.9. The van der Waals surface area contributed by atoms with E-state index in [1.807, 2.05) is 0 Å². The molecule has 0 atom stereocenters. The van der Waals surface area contributed by atoms with Crippen molar-refractivity contribution in [1.29, 1.82) is 0 Å². The molecular weight excluding hydrogens is 254 g/mol. The van der Waals surface area contributed by atoms with E-state index in [-0.39, 0.29) is 18.5 Å². The van der Waals surface area contributed by atoms with Gasteiger partial charge in [0, 0.05) is 25.3 Å². The molecule has 5 heteroatoms. The molecule has 3 amide bonds. The third-order valence-electron chi connectivity index (χ3n) is 3.93. The van der Waals surface area contributed by atoms with Gasteiger partial charge in [0.2, 0.25) is 5.91 Å². The Morgan fingerprint density at radius 3 is 2.95 bits per heavy atom. The van der Waals surface area contributed by atoms with Crippen molar-refractivity contribution in [3.63, 3.8) is 0 Å². The zero-order valence-electron chi connectivity index (χ0n) is 11.7. The fourth-order valence-electron chi connectivity index (χ4n) is 2.93. The number of benzene rings is 1. The van der Waals surface area contributed by atoms with Gasteiger partial charge in [-0.1, -0.05) is 17.7 Å². The summed E-state index contributed by atoms with van der Waals surface area (Å²) < 4.78 is 0. The van der Waals surface area contributed by atoms with Crippen LogP contribution in [0, 0.1) is 6.92 Å². The average molecular weight is 273 g/mol. The molecule has 0 aromatic heterocycles. The van der Waals surface area contributed by atoms with Gasteiger partial charge in [-0.2, -0.15) is 0 Å². The zero-order chi connectivity index (χ0) is 14.1. The average Bonchev–Trinajstić information content (AvgIpc) is 2.85. The van der Waals surface area contributed by atoms with Crippen molar-refractivity contribution in [2.24, 2.45) is 0 Å². The van der Waals surface area contributed by atoms with Crippen LogP contribution in [0.2, 0.25) is 0 Å². The Morgan fingerprint density at radius 2 is 2.20 bits per heavy atom. The molecule has 3 rings (SSSR count). The second kappa shape index (κ2) is 5.15. The number of hydrogen-bond donors (Lipinski definition) is 1. The molecule has 1 aromatic rings. The molecule has 20 heavy (non-hydrogen) atoms. The van der Waals surface area contributed by atoms with Crippen LogP contribution in [0.3, 0.4) is 0 Å². The summed E-state index contributed by atoms with van der Waals surface area (Å²) in [7, 11) is 0. The maximum absolute atomic E-state index is 12.2. The van der Waals surface area contributed by atoms with Crippen molar-refractivity contribution < 1.29 is 9.59 Å². The first-order chi connectivity index (χ1) is 9.65. The van der Waals surface area contributed by atoms with E-state index >= 15 is 0 Å². The van der Waals surface area contributed by atoms with E-state index in [0.29, 0.717) is 13.1 Å². The largest absolute Gasteiger partial charge is 0.362 e. The van der Waals surface area contributed by atoms with Crippen LogP contribution in [0.1, 0.15) is 17.5 Å². The molecule has 1 aromatic carbocycles. The lowest BCUT2D eigenvalue weighted by Gasteiger charge is -2.31. The summed E-state index contributed by atoms with van der Waals surface area (Å²) in [6, 6.07) is 6.08. The first-order valence-corrected chi connectivity index (χ1v) is 7.08. The Labute approximate surface area is 118 Å². The van der Waals surface area contributed by atoms with Crippen LogP contribution in [-0.2, 0) is 11.2 Å². The fraction of sp³-hybridized carbons (Fsp3) is 0.467. The summed E-state index contributed by atoms with van der Waals surface area (Å²) in [5.41, 5.74) is 3.68. The summed E-state index contributed by atoms with van der Waals surface area (Å²) in [6.07, 6.45) is 2.11. The number of hydrogen-bond acceptors (Lipinski definition) is 3. The van der Waals surface area contributed by atoms with Gasteiger partial charge in [-0.05, 0) is 31.4 Å². The maximum Gasteiger partial charge on any atom is 0.324 e. The topological polar surface area (TPSA) is 52.7 Å². The minimum atomic E-state index is -0.267. The van der Waals surface area contributed by atoms with Gasteiger partial charge < -0.3 is 10.2 Å². The van der Waals surface area contributed by atoms with Crippen molar-refractivity contribution in [2.45, 2.75) is 19.8 Å². The summed E-state index contributed by atoms with van der Waals surface area (Å²) in [5, 5.41) is 2.66. The molecule has 0 spiro atoms. The summed E-state index contributed by atoms with van der Waals surface area (Å²) in [6.45, 7) is 4.27. The zero-order valence-corrected chi connectivity index (χ0v) is 11.7. The molecule has 1 N–H and O–H groups in total. The van der Waals surface area contributed by atoms with Crippen LogP contribution in [0.5, 0.6) is 0 Å².